The third-order valence-electron chi connectivity index (χ3n) is 2.94. The highest BCUT2D eigenvalue weighted by molar-refractivity contribution is 9.10. The van der Waals surface area contributed by atoms with Gasteiger partial charge in [0.25, 0.3) is 0 Å². The van der Waals surface area contributed by atoms with Crippen LogP contribution >= 0.6 is 27.5 Å². The SMILES string of the molecule is Cn1cnc(Cn2c(CCl)nc3cc(Br)c(F)cc32)n1. The quantitative estimate of drug-likeness (QED) is 0.677. The number of benzene rings is 1. The highest BCUT2D eigenvalue weighted by Crippen LogP contribution is 2.25. The number of rotatable bonds is 3. The molecule has 2 aromatic heterocycles. The van der Waals surface area contributed by atoms with E-state index >= 15 is 0 Å². The summed E-state index contributed by atoms with van der Waals surface area (Å²) >= 11 is 9.08. The lowest BCUT2D eigenvalue weighted by atomic mass is 10.3. The van der Waals surface area contributed by atoms with Crippen LogP contribution in [0.1, 0.15) is 11.6 Å². The van der Waals surface area contributed by atoms with Gasteiger partial charge in [-0.1, -0.05) is 0 Å². The average molecular weight is 359 g/mol. The zero-order valence-electron chi connectivity index (χ0n) is 10.5. The van der Waals surface area contributed by atoms with Crippen molar-refractivity contribution in [3.8, 4) is 0 Å². The number of hydrogen-bond acceptors (Lipinski definition) is 3. The van der Waals surface area contributed by atoms with E-state index in [0.717, 1.165) is 0 Å². The van der Waals surface area contributed by atoms with Gasteiger partial charge in [0.05, 0.1) is 27.9 Å². The summed E-state index contributed by atoms with van der Waals surface area (Å²) in [5.74, 6) is 1.18. The smallest absolute Gasteiger partial charge is 0.170 e. The van der Waals surface area contributed by atoms with Crippen LogP contribution in [0.25, 0.3) is 11.0 Å². The summed E-state index contributed by atoms with van der Waals surface area (Å²) in [6, 6.07) is 3.08. The molecule has 0 aliphatic rings. The van der Waals surface area contributed by atoms with Gasteiger partial charge in [0.15, 0.2) is 5.82 Å². The van der Waals surface area contributed by atoms with Crippen LogP contribution in [0.4, 0.5) is 4.39 Å². The molecule has 0 saturated carbocycles. The standard InChI is InChI=1S/C12H10BrClFN5/c1-19-6-16-11(18-19)5-20-10-3-8(15)7(13)2-9(10)17-12(20)4-14/h2-3,6H,4-5H2,1H3. The number of aromatic nitrogens is 5. The van der Waals surface area contributed by atoms with Crippen molar-refractivity contribution in [1.29, 1.82) is 0 Å². The van der Waals surface area contributed by atoms with E-state index in [2.05, 4.69) is 31.0 Å². The molecule has 0 amide bonds. The minimum Gasteiger partial charge on any atom is -0.319 e. The molecule has 0 unspecified atom stereocenters. The molecule has 0 spiro atoms. The molecule has 0 atom stereocenters. The maximum absolute atomic E-state index is 13.7. The molecule has 0 bridgehead atoms. The second kappa shape index (κ2) is 5.14. The maximum Gasteiger partial charge on any atom is 0.170 e. The van der Waals surface area contributed by atoms with Crippen LogP contribution in [0.3, 0.4) is 0 Å². The minimum absolute atomic E-state index is 0.237. The fourth-order valence-electron chi connectivity index (χ4n) is 2.05. The Labute approximate surface area is 127 Å². The molecule has 3 aromatic rings. The number of hydrogen-bond donors (Lipinski definition) is 0. The van der Waals surface area contributed by atoms with Gasteiger partial charge in [0.1, 0.15) is 18.0 Å². The van der Waals surface area contributed by atoms with Crippen LogP contribution in [0.2, 0.25) is 0 Å². The second-order valence-electron chi connectivity index (χ2n) is 4.34. The molecule has 0 N–H and O–H groups in total. The van der Waals surface area contributed by atoms with E-state index in [1.54, 1.807) is 24.1 Å². The number of fused-ring (bicyclic) bond motifs is 1. The fourth-order valence-corrected chi connectivity index (χ4v) is 2.58. The van der Waals surface area contributed by atoms with Crippen molar-refractivity contribution < 1.29 is 4.39 Å². The van der Waals surface area contributed by atoms with Crippen molar-refractivity contribution in [2.24, 2.45) is 7.05 Å². The van der Waals surface area contributed by atoms with Crippen molar-refractivity contribution in [3.05, 3.63) is 40.4 Å². The molecule has 1 aromatic carbocycles. The van der Waals surface area contributed by atoms with Crippen LogP contribution < -0.4 is 0 Å². The third kappa shape index (κ3) is 2.31. The largest absolute Gasteiger partial charge is 0.319 e. The first kappa shape index (κ1) is 13.5. The number of halogens is 3. The number of aryl methyl sites for hydroxylation is 1. The maximum atomic E-state index is 13.7. The summed E-state index contributed by atoms with van der Waals surface area (Å²) in [6.07, 6.45) is 1.62. The van der Waals surface area contributed by atoms with Crippen molar-refractivity contribution in [1.82, 2.24) is 24.3 Å². The van der Waals surface area contributed by atoms with Crippen LogP contribution in [0, 0.1) is 5.82 Å². The lowest BCUT2D eigenvalue weighted by molar-refractivity contribution is 0.621. The topological polar surface area (TPSA) is 48.5 Å². The molecule has 0 radical (unpaired) electrons. The van der Waals surface area contributed by atoms with Gasteiger partial charge in [0, 0.05) is 13.1 Å². The van der Waals surface area contributed by atoms with Gasteiger partial charge < -0.3 is 4.57 Å². The molecule has 3 rings (SSSR count). The molecule has 2 heterocycles. The third-order valence-corrected chi connectivity index (χ3v) is 3.78. The average Bonchev–Trinajstić information content (AvgIpc) is 2.96. The molecule has 0 aliphatic carbocycles. The molecule has 0 aliphatic heterocycles. The molecule has 20 heavy (non-hydrogen) atoms. The molecule has 5 nitrogen and oxygen atoms in total. The Morgan fingerprint density at radius 3 is 2.85 bits per heavy atom. The molecule has 0 saturated heterocycles. The number of alkyl halides is 1. The minimum atomic E-state index is -0.339. The van der Waals surface area contributed by atoms with Gasteiger partial charge in [0.2, 0.25) is 0 Å². The van der Waals surface area contributed by atoms with Crippen LogP contribution in [0.15, 0.2) is 22.9 Å². The predicted octanol–water partition coefficient (Wildman–Crippen LogP) is 2.85. The Morgan fingerprint density at radius 2 is 2.20 bits per heavy atom. The fraction of sp³-hybridized carbons (Fsp3) is 0.250. The van der Waals surface area contributed by atoms with E-state index in [9.17, 15) is 4.39 Å². The Morgan fingerprint density at radius 1 is 1.40 bits per heavy atom. The second-order valence-corrected chi connectivity index (χ2v) is 5.46. The summed E-state index contributed by atoms with van der Waals surface area (Å²) in [6.45, 7) is 0.403. The highest BCUT2D eigenvalue weighted by atomic mass is 79.9. The number of nitrogens with zero attached hydrogens (tertiary/aromatic N) is 5. The Kier molecular flexibility index (Phi) is 3.47. The van der Waals surface area contributed by atoms with Crippen LogP contribution in [-0.2, 0) is 19.5 Å². The van der Waals surface area contributed by atoms with Gasteiger partial charge >= 0.3 is 0 Å². The summed E-state index contributed by atoms with van der Waals surface area (Å²) < 4.78 is 17.6. The first-order chi connectivity index (χ1) is 9.58. The van der Waals surface area contributed by atoms with Crippen molar-refractivity contribution in [3.63, 3.8) is 0 Å². The molecular formula is C12H10BrClFN5. The van der Waals surface area contributed by atoms with E-state index in [4.69, 9.17) is 11.6 Å². The van der Waals surface area contributed by atoms with E-state index in [1.807, 2.05) is 4.57 Å². The first-order valence-electron chi connectivity index (χ1n) is 5.83. The zero-order valence-corrected chi connectivity index (χ0v) is 12.9. The van der Waals surface area contributed by atoms with Gasteiger partial charge in [-0.3, -0.25) is 4.68 Å². The van der Waals surface area contributed by atoms with Gasteiger partial charge in [-0.2, -0.15) is 5.10 Å². The summed E-state index contributed by atoms with van der Waals surface area (Å²) in [4.78, 5) is 8.58. The molecular weight excluding hydrogens is 349 g/mol. The Hall–Kier alpha value is -1.47. The summed E-state index contributed by atoms with van der Waals surface area (Å²) in [7, 11) is 1.79. The first-order valence-corrected chi connectivity index (χ1v) is 7.16. The summed E-state index contributed by atoms with van der Waals surface area (Å²) in [5, 5.41) is 4.22. The normalized spacial score (nSPS) is 11.4. The molecule has 0 fully saturated rings. The van der Waals surface area contributed by atoms with Gasteiger partial charge in [-0.15, -0.1) is 11.6 Å². The lowest BCUT2D eigenvalue weighted by Crippen LogP contribution is -2.06. The Bertz CT molecular complexity index is 782. The Balaban J connectivity index is 2.14. The summed E-state index contributed by atoms with van der Waals surface area (Å²) in [5.41, 5.74) is 1.36. The highest BCUT2D eigenvalue weighted by Gasteiger charge is 2.14. The van der Waals surface area contributed by atoms with Crippen molar-refractivity contribution >= 4 is 38.6 Å². The molecule has 104 valence electrons. The van der Waals surface area contributed by atoms with E-state index in [1.165, 1.54) is 6.07 Å². The monoisotopic (exact) mass is 357 g/mol. The van der Waals surface area contributed by atoms with Gasteiger partial charge in [-0.05, 0) is 22.0 Å². The van der Waals surface area contributed by atoms with Crippen molar-refractivity contribution in [2.75, 3.05) is 0 Å². The number of imidazole rings is 1. The van der Waals surface area contributed by atoms with E-state index < -0.39 is 0 Å². The zero-order chi connectivity index (χ0) is 14.3. The van der Waals surface area contributed by atoms with Crippen LogP contribution in [0.5, 0.6) is 0 Å². The van der Waals surface area contributed by atoms with Crippen LogP contribution in [-0.4, -0.2) is 24.3 Å². The van der Waals surface area contributed by atoms with E-state index in [0.29, 0.717) is 33.7 Å². The van der Waals surface area contributed by atoms with Crippen molar-refractivity contribution in [2.45, 2.75) is 12.4 Å². The molecule has 8 heteroatoms. The lowest BCUT2D eigenvalue weighted by Gasteiger charge is -2.05. The van der Waals surface area contributed by atoms with Gasteiger partial charge in [-0.25, -0.2) is 14.4 Å². The predicted molar refractivity (Wildman–Crippen MR) is 77.1 cm³/mol. The van der Waals surface area contributed by atoms with E-state index in [-0.39, 0.29) is 11.7 Å².